The maximum absolute atomic E-state index is 13.6. The van der Waals surface area contributed by atoms with Crippen LogP contribution in [0.3, 0.4) is 0 Å². The van der Waals surface area contributed by atoms with E-state index in [1.54, 1.807) is 0 Å². The van der Waals surface area contributed by atoms with Crippen LogP contribution in [-0.2, 0) is 70.2 Å². The summed E-state index contributed by atoms with van der Waals surface area (Å²) in [7, 11) is 0. The summed E-state index contributed by atoms with van der Waals surface area (Å²) in [6.45, 7) is 4.83. The lowest BCUT2D eigenvalue weighted by Crippen LogP contribution is -2.64. The van der Waals surface area contributed by atoms with Gasteiger partial charge in [0.1, 0.15) is 97.1 Å². The van der Waals surface area contributed by atoms with Crippen molar-refractivity contribution in [3.8, 4) is 0 Å². The van der Waals surface area contributed by atoms with Crippen molar-refractivity contribution >= 4 is 53.5 Å². The second kappa shape index (κ2) is 60.6. The van der Waals surface area contributed by atoms with Crippen molar-refractivity contribution in [3.63, 3.8) is 0 Å². The molecule has 0 aromatic carbocycles. The highest BCUT2D eigenvalue weighted by Gasteiger charge is 2.57. The fourth-order valence-electron chi connectivity index (χ4n) is 14.8. The molecule has 4 aliphatic rings. The van der Waals surface area contributed by atoms with Crippen molar-refractivity contribution in [3.05, 3.63) is 36.2 Å². The molecule has 0 radical (unpaired) electrons. The van der Waals surface area contributed by atoms with Gasteiger partial charge in [0.25, 0.3) is 0 Å². The largest absolute Gasteiger partial charge is 0.388 e. The third-order valence-electron chi connectivity index (χ3n) is 21.3. The summed E-state index contributed by atoms with van der Waals surface area (Å²) in [5, 5.41) is 87.6. The lowest BCUT2D eigenvalue weighted by atomic mass is 9.83. The minimum absolute atomic E-state index is 0.0292. The summed E-state index contributed by atoms with van der Waals surface area (Å²) >= 11 is 0. The quantitative estimate of drug-likeness (QED) is 0.0158. The van der Waals surface area contributed by atoms with E-state index < -0.39 is 159 Å². The summed E-state index contributed by atoms with van der Waals surface area (Å²) in [4.78, 5) is 64.2. The van der Waals surface area contributed by atoms with E-state index in [0.717, 1.165) is 77.0 Å². The van der Waals surface area contributed by atoms with Crippen molar-refractivity contribution in [2.45, 2.75) is 355 Å². The SMILES string of the molecule is CCCCCCCC/C=C\CCCCCCCC(=O)NCCCCC(NC(=O)CCCCCCC/C=C\CCCCCCCC)C(=O)NCCOCCOCCOCc1cn(C[C@H]2O[C@@H](O[C@@H]3[C@@H](O)[C@H](N=C(N)N)C[C@H](N=C(N)N)[C@H]3O[C@H]3O[C@H](CN=C(N)N)[C@@H](O)[C@H](O)[C@H]3N=C(N)N)[C@H](O)[C@@H]2O[C@@H]2O[C@@H](CN=C(N)N)[C@H](O)[C@@H](O)[C@@H]2N=C(N)N)nn1. The van der Waals surface area contributed by atoms with E-state index in [1.807, 2.05) is 0 Å². The Bertz CT molecular complexity index is 3300. The van der Waals surface area contributed by atoms with Crippen LogP contribution in [0.1, 0.15) is 225 Å². The van der Waals surface area contributed by atoms with Crippen molar-refractivity contribution in [2.75, 3.05) is 59.2 Å². The first-order valence-electron chi connectivity index (χ1n) is 43.9. The Morgan fingerprint density at radius 1 is 0.459 bits per heavy atom. The molecule has 42 nitrogen and oxygen atoms in total. The standard InChI is InChI=1S/C80H150N24O18/c1-3-5-7-9-11-13-15-17-19-21-23-25-27-29-31-36-58(105)93-38-34-33-35-52(97-59(106)37-32-30-28-26-24-22-20-18-16-14-12-10-8-6-4-2)71(113)94-39-40-114-41-42-115-43-44-116-50-51-48-104(103-102-51)49-57-69(121-73-61(101-80(91)92)66(111)64(109)56(118-73)47-96-76(83)84)67(112)74(119-57)122-70-62(107)53(98-77(85)86)45-54(99-78(87)88)68(70)120-72-60(100-79(89)90)65(110)63(108)55(117-72)46-95-75(81)82/h17-20,48,52-57,60-70,72-74,107-112H,3-16,21-47,49-50H2,1-2H3,(H,93,105)(H,94,113)(H,97,106)(H4,81,82,95)(H4,83,84,96)(H4,85,86,98)(H4,87,88,99)(H4,89,90,100)(H4,91,92,101)/b19-17-,20-18-/t52?,53-,54+,55-,56+,57-,60-,61+,62+,63-,64+,65-,66+,67-,68-,69-,70-,72-,73+,74+/m1/s1. The second-order valence-electron chi connectivity index (χ2n) is 31.6. The first kappa shape index (κ1) is 105. The molecule has 1 aromatic heterocycles. The first-order valence-corrected chi connectivity index (χ1v) is 43.9. The molecule has 33 N–H and O–H groups in total. The van der Waals surface area contributed by atoms with Crippen molar-refractivity contribution in [1.82, 2.24) is 30.9 Å². The topological polar surface area (TPSA) is 709 Å². The van der Waals surface area contributed by atoms with E-state index in [-0.39, 0.29) is 88.8 Å². The van der Waals surface area contributed by atoms with Crippen LogP contribution < -0.4 is 84.8 Å². The van der Waals surface area contributed by atoms with E-state index in [4.69, 9.17) is 111 Å². The maximum atomic E-state index is 13.6. The highest BCUT2D eigenvalue weighted by molar-refractivity contribution is 5.87. The number of rotatable bonds is 64. The fraction of sp³-hybridized carbons (Fsp3) is 0.812. The maximum Gasteiger partial charge on any atom is 0.242 e. The van der Waals surface area contributed by atoms with E-state index in [0.29, 0.717) is 44.3 Å². The van der Waals surface area contributed by atoms with E-state index in [2.05, 4.69) is 94.4 Å². The van der Waals surface area contributed by atoms with Crippen molar-refractivity contribution in [2.24, 2.45) is 98.8 Å². The Kier molecular flexibility index (Phi) is 51.9. The first-order chi connectivity index (χ1) is 58.7. The van der Waals surface area contributed by atoms with E-state index in [1.165, 1.54) is 101 Å². The smallest absolute Gasteiger partial charge is 0.242 e. The number of amides is 3. The Balaban J connectivity index is 1.16. The number of nitrogens with zero attached hydrogens (tertiary/aromatic N) is 9. The van der Waals surface area contributed by atoms with Gasteiger partial charge in [0, 0.05) is 25.9 Å². The molecule has 0 spiro atoms. The summed E-state index contributed by atoms with van der Waals surface area (Å²) in [5.41, 5.74) is 69.7. The molecule has 3 aliphatic heterocycles. The molecular formula is C80H150N24O18. The van der Waals surface area contributed by atoms with Crippen LogP contribution in [0.2, 0.25) is 0 Å². The number of aliphatic imine (C=N–C) groups is 6. The fourth-order valence-corrected chi connectivity index (χ4v) is 14.8. The van der Waals surface area contributed by atoms with Gasteiger partial charge in [0.2, 0.25) is 17.7 Å². The van der Waals surface area contributed by atoms with Gasteiger partial charge in [-0.05, 0) is 89.9 Å². The number of aromatic nitrogens is 3. The molecule has 42 heteroatoms. The Morgan fingerprint density at radius 2 is 0.902 bits per heavy atom. The number of hydrogen-bond acceptors (Lipinski definition) is 26. The van der Waals surface area contributed by atoms with Crippen molar-refractivity contribution < 1.29 is 87.7 Å². The van der Waals surface area contributed by atoms with Gasteiger partial charge in [-0.2, -0.15) is 0 Å². The number of carbonyl (C=O) groups excluding carboxylic acids is 3. The zero-order valence-electron chi connectivity index (χ0n) is 71.9. The number of ether oxygens (including phenoxy) is 9. The van der Waals surface area contributed by atoms with Crippen LogP contribution in [0.25, 0.3) is 0 Å². The highest BCUT2D eigenvalue weighted by Crippen LogP contribution is 2.39. The summed E-state index contributed by atoms with van der Waals surface area (Å²) in [6.07, 6.45) is 18.3. The summed E-state index contributed by atoms with van der Waals surface area (Å²) < 4.78 is 57.0. The number of hydrogen-bond donors (Lipinski definition) is 21. The van der Waals surface area contributed by atoms with E-state index >= 15 is 0 Å². The second-order valence-corrected chi connectivity index (χ2v) is 31.6. The number of unbranched alkanes of at least 4 members (excludes halogenated alkanes) is 23. The molecule has 3 saturated heterocycles. The Labute approximate surface area is 718 Å². The predicted molar refractivity (Wildman–Crippen MR) is 463 cm³/mol. The minimum atomic E-state index is -1.93. The normalized spacial score (nSPS) is 26.1. The number of nitrogens with one attached hydrogen (secondary N) is 3. The molecule has 1 unspecified atom stereocenters. The number of allylic oxidation sites excluding steroid dienone is 4. The van der Waals surface area contributed by atoms with Crippen LogP contribution in [0.15, 0.2) is 60.5 Å². The number of carbonyl (C=O) groups is 3. The lowest BCUT2D eigenvalue weighted by Gasteiger charge is -2.47. The van der Waals surface area contributed by atoms with Crippen LogP contribution in [-0.4, -0.2) is 281 Å². The van der Waals surface area contributed by atoms with Gasteiger partial charge in [-0.15, -0.1) is 5.10 Å². The van der Waals surface area contributed by atoms with E-state index in [9.17, 15) is 45.0 Å². The molecule has 4 fully saturated rings. The van der Waals surface area contributed by atoms with Gasteiger partial charge in [-0.3, -0.25) is 24.4 Å². The van der Waals surface area contributed by atoms with Gasteiger partial charge < -0.3 is 158 Å². The molecule has 1 saturated carbocycles. The summed E-state index contributed by atoms with van der Waals surface area (Å²) in [6, 6.07) is -6.47. The molecule has 4 heterocycles. The zero-order valence-corrected chi connectivity index (χ0v) is 71.9. The summed E-state index contributed by atoms with van der Waals surface area (Å²) in [5.74, 6) is -3.31. The lowest BCUT2D eigenvalue weighted by molar-refractivity contribution is -0.306. The number of guanidine groups is 6. The van der Waals surface area contributed by atoms with Crippen LogP contribution in [0.5, 0.6) is 0 Å². The van der Waals surface area contributed by atoms with Gasteiger partial charge in [0.15, 0.2) is 54.6 Å². The predicted octanol–water partition coefficient (Wildman–Crippen LogP) is -1.20. The average molecular weight is 1740 g/mol. The van der Waals surface area contributed by atoms with Gasteiger partial charge in [0.05, 0.1) is 77.6 Å². The minimum Gasteiger partial charge on any atom is -0.388 e. The molecule has 698 valence electrons. The molecule has 1 aliphatic carbocycles. The number of nitrogens with two attached hydrogens (primary N) is 12. The van der Waals surface area contributed by atoms with Gasteiger partial charge in [-0.1, -0.05) is 146 Å². The van der Waals surface area contributed by atoms with Gasteiger partial charge in [-0.25, -0.2) is 24.7 Å². The van der Waals surface area contributed by atoms with Crippen molar-refractivity contribution in [1.29, 1.82) is 0 Å². The van der Waals surface area contributed by atoms with Crippen LogP contribution in [0, 0.1) is 0 Å². The van der Waals surface area contributed by atoms with Crippen LogP contribution in [0.4, 0.5) is 0 Å². The molecule has 20 atom stereocenters. The zero-order chi connectivity index (χ0) is 89.0. The molecule has 5 rings (SSSR count). The average Bonchev–Trinajstić information content (AvgIpc) is 1.38. The molecule has 1 aromatic rings. The van der Waals surface area contributed by atoms with Gasteiger partial charge >= 0.3 is 0 Å². The number of aliphatic hydroxyl groups is 6. The molecule has 0 bridgehead atoms. The third kappa shape index (κ3) is 41.2. The molecule has 3 amide bonds. The highest BCUT2D eigenvalue weighted by atomic mass is 16.8. The van der Waals surface area contributed by atoms with Crippen LogP contribution >= 0.6 is 0 Å². The molecule has 122 heavy (non-hydrogen) atoms. The number of aliphatic hydroxyl groups excluding tert-OH is 6. The Morgan fingerprint density at radius 3 is 1.40 bits per heavy atom. The monoisotopic (exact) mass is 1740 g/mol. The Hall–Kier alpha value is -7.95. The molecular weight excluding hydrogens is 1590 g/mol. The third-order valence-corrected chi connectivity index (χ3v) is 21.3.